The van der Waals surface area contributed by atoms with Crippen molar-refractivity contribution in [2.24, 2.45) is 7.05 Å². The Hall–Kier alpha value is -1.26. The molecular weight excluding hydrogens is 173 g/mol. The van der Waals surface area contributed by atoms with E-state index in [4.69, 9.17) is 0 Å². The molecule has 1 aromatic heterocycles. The molecule has 1 heterocycles. The summed E-state index contributed by atoms with van der Waals surface area (Å²) in [4.78, 5) is 11.2. The molecule has 0 saturated heterocycles. The second-order valence-corrected chi connectivity index (χ2v) is 3.46. The topological polar surface area (TPSA) is 47.8 Å². The van der Waals surface area contributed by atoms with Gasteiger partial charge < -0.3 is 0 Å². The maximum absolute atomic E-state index is 13.1. The number of hydrogen-bond acceptors (Lipinski definition) is 3. The summed E-state index contributed by atoms with van der Waals surface area (Å²) in [5, 5.41) is 7.34. The minimum Gasteiger partial charge on any atom is -0.296 e. The fourth-order valence-corrected chi connectivity index (χ4v) is 0.851. The van der Waals surface area contributed by atoms with Gasteiger partial charge in [0, 0.05) is 13.2 Å². The number of halogens is 1. The molecule has 0 N–H and O–H groups in total. The van der Waals surface area contributed by atoms with Crippen LogP contribution >= 0.6 is 0 Å². The van der Waals surface area contributed by atoms with Gasteiger partial charge in [0.2, 0.25) is 0 Å². The van der Waals surface area contributed by atoms with Gasteiger partial charge in [-0.15, -0.1) is 5.10 Å². The summed E-state index contributed by atoms with van der Waals surface area (Å²) < 4.78 is 14.6. The standard InChI is InChI=1S/C8H12FN3O/c1-8(2,9)7(13)4-6-5-12(3)11-10-6/h5H,4H2,1-3H3. The highest BCUT2D eigenvalue weighted by atomic mass is 19.1. The zero-order chi connectivity index (χ0) is 10.1. The molecule has 0 unspecified atom stereocenters. The van der Waals surface area contributed by atoms with Crippen molar-refractivity contribution in [1.82, 2.24) is 15.0 Å². The van der Waals surface area contributed by atoms with Crippen LogP contribution < -0.4 is 0 Å². The molecule has 0 fully saturated rings. The molecule has 0 bridgehead atoms. The lowest BCUT2D eigenvalue weighted by Gasteiger charge is -2.10. The molecule has 0 atom stereocenters. The molecule has 72 valence electrons. The van der Waals surface area contributed by atoms with Crippen LogP contribution in [-0.4, -0.2) is 26.4 Å². The summed E-state index contributed by atoms with van der Waals surface area (Å²) >= 11 is 0. The highest BCUT2D eigenvalue weighted by Crippen LogP contribution is 2.12. The molecule has 4 nitrogen and oxygen atoms in total. The van der Waals surface area contributed by atoms with Crippen LogP contribution in [0.1, 0.15) is 19.5 Å². The van der Waals surface area contributed by atoms with Crippen LogP contribution in [0.2, 0.25) is 0 Å². The van der Waals surface area contributed by atoms with Gasteiger partial charge >= 0.3 is 0 Å². The van der Waals surface area contributed by atoms with Crippen molar-refractivity contribution in [3.05, 3.63) is 11.9 Å². The Morgan fingerprint density at radius 2 is 2.31 bits per heavy atom. The quantitative estimate of drug-likeness (QED) is 0.695. The Morgan fingerprint density at radius 3 is 2.69 bits per heavy atom. The number of aromatic nitrogens is 3. The van der Waals surface area contributed by atoms with Gasteiger partial charge in [0.05, 0.1) is 12.1 Å². The van der Waals surface area contributed by atoms with Crippen LogP contribution in [0.4, 0.5) is 4.39 Å². The van der Waals surface area contributed by atoms with E-state index in [1.807, 2.05) is 0 Å². The van der Waals surface area contributed by atoms with Crippen LogP contribution in [0, 0.1) is 0 Å². The number of rotatable bonds is 3. The van der Waals surface area contributed by atoms with E-state index in [-0.39, 0.29) is 6.42 Å². The first kappa shape index (κ1) is 9.83. The van der Waals surface area contributed by atoms with Crippen molar-refractivity contribution in [3.8, 4) is 0 Å². The Balaban J connectivity index is 2.65. The van der Waals surface area contributed by atoms with E-state index < -0.39 is 11.5 Å². The fraction of sp³-hybridized carbons (Fsp3) is 0.625. The van der Waals surface area contributed by atoms with Crippen LogP contribution in [0.5, 0.6) is 0 Å². The Labute approximate surface area is 75.7 Å². The molecule has 0 aliphatic carbocycles. The third-order valence-corrected chi connectivity index (χ3v) is 1.65. The minimum atomic E-state index is -1.79. The van der Waals surface area contributed by atoms with Gasteiger partial charge in [0.25, 0.3) is 0 Å². The molecule has 1 rings (SSSR count). The molecular formula is C8H12FN3O. The van der Waals surface area contributed by atoms with Crippen molar-refractivity contribution in [2.75, 3.05) is 0 Å². The van der Waals surface area contributed by atoms with Gasteiger partial charge in [-0.3, -0.25) is 9.48 Å². The zero-order valence-corrected chi connectivity index (χ0v) is 7.91. The van der Waals surface area contributed by atoms with E-state index in [9.17, 15) is 9.18 Å². The summed E-state index contributed by atoms with van der Waals surface area (Å²) in [7, 11) is 1.70. The first-order valence-corrected chi connectivity index (χ1v) is 3.97. The predicted octanol–water partition coefficient (Wildman–Crippen LogP) is 0.675. The lowest BCUT2D eigenvalue weighted by Crippen LogP contribution is -2.27. The van der Waals surface area contributed by atoms with Gasteiger partial charge in [-0.25, -0.2) is 4.39 Å². The zero-order valence-electron chi connectivity index (χ0n) is 7.91. The van der Waals surface area contributed by atoms with E-state index in [0.29, 0.717) is 5.69 Å². The monoisotopic (exact) mass is 185 g/mol. The van der Waals surface area contributed by atoms with E-state index in [0.717, 1.165) is 0 Å². The minimum absolute atomic E-state index is 0.00264. The molecule has 0 aliphatic heterocycles. The first-order chi connectivity index (χ1) is 5.89. The molecule has 0 radical (unpaired) electrons. The average Bonchev–Trinajstić information content (AvgIpc) is 2.33. The number of hydrogen-bond donors (Lipinski definition) is 0. The van der Waals surface area contributed by atoms with Crippen molar-refractivity contribution in [3.63, 3.8) is 0 Å². The van der Waals surface area contributed by atoms with Crippen molar-refractivity contribution >= 4 is 5.78 Å². The van der Waals surface area contributed by atoms with Crippen LogP contribution in [0.25, 0.3) is 0 Å². The van der Waals surface area contributed by atoms with Gasteiger partial charge in [0.1, 0.15) is 0 Å². The second-order valence-electron chi connectivity index (χ2n) is 3.46. The van der Waals surface area contributed by atoms with Crippen LogP contribution in [0.15, 0.2) is 6.20 Å². The van der Waals surface area contributed by atoms with Gasteiger partial charge in [-0.2, -0.15) is 0 Å². The van der Waals surface area contributed by atoms with E-state index in [2.05, 4.69) is 10.3 Å². The van der Waals surface area contributed by atoms with Crippen LogP contribution in [-0.2, 0) is 18.3 Å². The number of carbonyl (C=O) groups excluding carboxylic acids is 1. The molecule has 0 amide bonds. The van der Waals surface area contributed by atoms with Crippen molar-refractivity contribution < 1.29 is 9.18 Å². The molecule has 0 saturated carbocycles. The maximum Gasteiger partial charge on any atom is 0.175 e. The largest absolute Gasteiger partial charge is 0.296 e. The van der Waals surface area contributed by atoms with E-state index >= 15 is 0 Å². The lowest BCUT2D eigenvalue weighted by molar-refractivity contribution is -0.127. The number of ketones is 1. The highest BCUT2D eigenvalue weighted by molar-refractivity contribution is 5.87. The van der Waals surface area contributed by atoms with Gasteiger partial charge in [-0.05, 0) is 13.8 Å². The molecule has 0 aromatic carbocycles. The third kappa shape index (κ3) is 2.61. The third-order valence-electron chi connectivity index (χ3n) is 1.65. The Kier molecular flexibility index (Phi) is 2.45. The smallest absolute Gasteiger partial charge is 0.175 e. The Bertz CT molecular complexity index is 313. The molecule has 1 aromatic rings. The number of nitrogens with zero attached hydrogens (tertiary/aromatic N) is 3. The normalized spacial score (nSPS) is 11.7. The number of alkyl halides is 1. The number of Topliss-reactive ketones (excluding diaryl/α,β-unsaturated/α-hetero) is 1. The summed E-state index contributed by atoms with van der Waals surface area (Å²) in [6, 6.07) is 0. The van der Waals surface area contributed by atoms with Crippen LogP contribution in [0.3, 0.4) is 0 Å². The van der Waals surface area contributed by atoms with Gasteiger partial charge in [0.15, 0.2) is 11.5 Å². The van der Waals surface area contributed by atoms with E-state index in [1.54, 1.807) is 13.2 Å². The lowest BCUT2D eigenvalue weighted by atomic mass is 10.0. The number of carbonyl (C=O) groups is 1. The average molecular weight is 185 g/mol. The highest BCUT2D eigenvalue weighted by Gasteiger charge is 2.26. The molecule has 13 heavy (non-hydrogen) atoms. The summed E-state index contributed by atoms with van der Waals surface area (Å²) in [5.74, 6) is -0.479. The summed E-state index contributed by atoms with van der Waals surface area (Å²) in [5.41, 5.74) is -1.30. The summed E-state index contributed by atoms with van der Waals surface area (Å²) in [6.07, 6.45) is 1.60. The molecule has 0 spiro atoms. The molecule has 5 heteroatoms. The SMILES string of the molecule is Cn1cc(CC(=O)C(C)(C)F)nn1. The van der Waals surface area contributed by atoms with Crippen molar-refractivity contribution in [1.29, 1.82) is 0 Å². The predicted molar refractivity (Wildman–Crippen MR) is 44.9 cm³/mol. The summed E-state index contributed by atoms with van der Waals surface area (Å²) in [6.45, 7) is 2.48. The van der Waals surface area contributed by atoms with Gasteiger partial charge in [-0.1, -0.05) is 5.21 Å². The second kappa shape index (κ2) is 3.24. The number of aryl methyl sites for hydroxylation is 1. The van der Waals surface area contributed by atoms with E-state index in [1.165, 1.54) is 18.5 Å². The maximum atomic E-state index is 13.1. The fourth-order valence-electron chi connectivity index (χ4n) is 0.851. The molecule has 0 aliphatic rings. The van der Waals surface area contributed by atoms with Crippen molar-refractivity contribution in [2.45, 2.75) is 25.9 Å². The Morgan fingerprint density at radius 1 is 1.69 bits per heavy atom. The first-order valence-electron chi connectivity index (χ1n) is 3.97.